The highest BCUT2D eigenvalue weighted by Gasteiger charge is 2.16. The van der Waals surface area contributed by atoms with Crippen LogP contribution in [0.15, 0.2) is 48.8 Å². The fourth-order valence-corrected chi connectivity index (χ4v) is 2.16. The summed E-state index contributed by atoms with van der Waals surface area (Å²) in [6, 6.07) is 12.0. The fraction of sp³-hybridized carbons (Fsp3) is 0.250. The van der Waals surface area contributed by atoms with Gasteiger partial charge in [-0.25, -0.2) is 0 Å². The third kappa shape index (κ3) is 3.91. The molecule has 98 valence electrons. The van der Waals surface area contributed by atoms with Gasteiger partial charge >= 0.3 is 5.97 Å². The first kappa shape index (κ1) is 13.3. The Labute approximate surface area is 112 Å². The summed E-state index contributed by atoms with van der Waals surface area (Å²) in [6.07, 6.45) is 4.34. The van der Waals surface area contributed by atoms with Crippen molar-refractivity contribution in [3.05, 3.63) is 65.5 Å². The summed E-state index contributed by atoms with van der Waals surface area (Å²) in [6.45, 7) is 2.03. The summed E-state index contributed by atoms with van der Waals surface area (Å²) in [5.41, 5.74) is 3.37. The van der Waals surface area contributed by atoms with Crippen molar-refractivity contribution in [2.24, 2.45) is 0 Å². The van der Waals surface area contributed by atoms with E-state index in [0.29, 0.717) is 0 Å². The maximum Gasteiger partial charge on any atom is 0.303 e. The van der Waals surface area contributed by atoms with Gasteiger partial charge in [0.1, 0.15) is 0 Å². The molecule has 0 radical (unpaired) electrons. The minimum Gasteiger partial charge on any atom is -0.481 e. The minimum atomic E-state index is -0.764. The van der Waals surface area contributed by atoms with Crippen LogP contribution < -0.4 is 0 Å². The van der Waals surface area contributed by atoms with E-state index in [1.165, 1.54) is 5.56 Å². The lowest BCUT2D eigenvalue weighted by atomic mass is 9.89. The SMILES string of the molecule is Cc1ccc(C(CC(=O)O)Cc2ccncc2)cc1. The monoisotopic (exact) mass is 255 g/mol. The average molecular weight is 255 g/mol. The van der Waals surface area contributed by atoms with Crippen LogP contribution in [-0.4, -0.2) is 16.1 Å². The molecular formula is C16H17NO2. The summed E-state index contributed by atoms with van der Waals surface area (Å²) < 4.78 is 0. The number of hydrogen-bond donors (Lipinski definition) is 1. The van der Waals surface area contributed by atoms with Crippen molar-refractivity contribution in [1.29, 1.82) is 0 Å². The second-order valence-electron chi connectivity index (χ2n) is 4.77. The first-order valence-corrected chi connectivity index (χ1v) is 6.32. The molecule has 1 atom stereocenters. The molecular weight excluding hydrogens is 238 g/mol. The molecule has 1 heterocycles. The number of carboxylic acid groups (broad SMARTS) is 1. The number of aryl methyl sites for hydroxylation is 1. The largest absolute Gasteiger partial charge is 0.481 e. The smallest absolute Gasteiger partial charge is 0.303 e. The standard InChI is InChI=1S/C16H17NO2/c1-12-2-4-14(5-3-12)15(11-16(18)19)10-13-6-8-17-9-7-13/h2-9,15H,10-11H2,1H3,(H,18,19). The number of hydrogen-bond acceptors (Lipinski definition) is 2. The van der Waals surface area contributed by atoms with Gasteiger partial charge in [0.05, 0.1) is 6.42 Å². The van der Waals surface area contributed by atoms with E-state index in [1.54, 1.807) is 12.4 Å². The number of aromatic nitrogens is 1. The zero-order valence-corrected chi connectivity index (χ0v) is 10.9. The quantitative estimate of drug-likeness (QED) is 0.892. The lowest BCUT2D eigenvalue weighted by molar-refractivity contribution is -0.137. The van der Waals surface area contributed by atoms with E-state index in [1.807, 2.05) is 43.3 Å². The maximum absolute atomic E-state index is 11.0. The molecule has 2 aromatic rings. The van der Waals surface area contributed by atoms with Gasteiger partial charge in [0, 0.05) is 12.4 Å². The van der Waals surface area contributed by atoms with Crippen molar-refractivity contribution in [2.45, 2.75) is 25.7 Å². The summed E-state index contributed by atoms with van der Waals surface area (Å²) in [4.78, 5) is 15.0. The van der Waals surface area contributed by atoms with Gasteiger partial charge in [-0.1, -0.05) is 29.8 Å². The molecule has 1 N–H and O–H groups in total. The Morgan fingerprint density at radius 3 is 2.37 bits per heavy atom. The third-order valence-electron chi connectivity index (χ3n) is 3.20. The van der Waals surface area contributed by atoms with Gasteiger partial charge in [-0.05, 0) is 42.5 Å². The predicted molar refractivity (Wildman–Crippen MR) is 74.1 cm³/mol. The topological polar surface area (TPSA) is 50.2 Å². The Hall–Kier alpha value is -2.16. The van der Waals surface area contributed by atoms with Gasteiger partial charge in [0.25, 0.3) is 0 Å². The van der Waals surface area contributed by atoms with E-state index >= 15 is 0 Å². The maximum atomic E-state index is 11.0. The average Bonchev–Trinajstić information content (AvgIpc) is 2.39. The summed E-state index contributed by atoms with van der Waals surface area (Å²) in [7, 11) is 0. The van der Waals surface area contributed by atoms with Crippen molar-refractivity contribution in [3.8, 4) is 0 Å². The summed E-state index contributed by atoms with van der Waals surface area (Å²) in [5, 5.41) is 9.07. The number of carbonyl (C=O) groups is 1. The molecule has 0 aliphatic carbocycles. The first-order valence-electron chi connectivity index (χ1n) is 6.32. The lowest BCUT2D eigenvalue weighted by Crippen LogP contribution is -2.09. The molecule has 0 saturated carbocycles. The van der Waals surface area contributed by atoms with Gasteiger partial charge in [-0.15, -0.1) is 0 Å². The first-order chi connectivity index (χ1) is 9.15. The van der Waals surface area contributed by atoms with Crippen LogP contribution in [0.5, 0.6) is 0 Å². The van der Waals surface area contributed by atoms with E-state index in [2.05, 4.69) is 4.98 Å². The number of rotatable bonds is 5. The fourth-order valence-electron chi connectivity index (χ4n) is 2.16. The Morgan fingerprint density at radius 1 is 1.16 bits per heavy atom. The van der Waals surface area contributed by atoms with E-state index < -0.39 is 5.97 Å². The van der Waals surface area contributed by atoms with Crippen molar-refractivity contribution in [1.82, 2.24) is 4.98 Å². The molecule has 0 spiro atoms. The van der Waals surface area contributed by atoms with Gasteiger partial charge < -0.3 is 5.11 Å². The van der Waals surface area contributed by atoms with Crippen LogP contribution in [0.3, 0.4) is 0 Å². The molecule has 0 amide bonds. The number of aliphatic carboxylic acids is 1. The molecule has 0 aliphatic heterocycles. The van der Waals surface area contributed by atoms with Gasteiger partial charge in [-0.2, -0.15) is 0 Å². The molecule has 3 nitrogen and oxygen atoms in total. The Balaban J connectivity index is 2.20. The Kier molecular flexibility index (Phi) is 4.29. The molecule has 0 fully saturated rings. The molecule has 0 saturated heterocycles. The molecule has 0 aliphatic rings. The molecule has 1 aromatic heterocycles. The van der Waals surface area contributed by atoms with Crippen LogP contribution in [0, 0.1) is 6.92 Å². The Bertz CT molecular complexity index is 534. The van der Waals surface area contributed by atoms with Crippen molar-refractivity contribution < 1.29 is 9.90 Å². The van der Waals surface area contributed by atoms with Crippen LogP contribution in [0.1, 0.15) is 29.0 Å². The molecule has 2 rings (SSSR count). The van der Waals surface area contributed by atoms with Crippen molar-refractivity contribution in [3.63, 3.8) is 0 Å². The highest BCUT2D eigenvalue weighted by Crippen LogP contribution is 2.24. The highest BCUT2D eigenvalue weighted by molar-refractivity contribution is 5.68. The van der Waals surface area contributed by atoms with Crippen LogP contribution in [0.4, 0.5) is 0 Å². The van der Waals surface area contributed by atoms with Gasteiger partial charge in [0.2, 0.25) is 0 Å². The number of pyridine rings is 1. The number of benzene rings is 1. The third-order valence-corrected chi connectivity index (χ3v) is 3.20. The van der Waals surface area contributed by atoms with Gasteiger partial charge in [0.15, 0.2) is 0 Å². The van der Waals surface area contributed by atoms with Crippen molar-refractivity contribution in [2.75, 3.05) is 0 Å². The zero-order chi connectivity index (χ0) is 13.7. The van der Waals surface area contributed by atoms with Crippen molar-refractivity contribution >= 4 is 5.97 Å². The van der Waals surface area contributed by atoms with E-state index in [-0.39, 0.29) is 12.3 Å². The molecule has 3 heteroatoms. The summed E-state index contributed by atoms with van der Waals surface area (Å²) >= 11 is 0. The summed E-state index contributed by atoms with van der Waals surface area (Å²) in [5.74, 6) is -0.764. The Morgan fingerprint density at radius 2 is 1.79 bits per heavy atom. The number of carboxylic acids is 1. The van der Waals surface area contributed by atoms with Crippen LogP contribution in [-0.2, 0) is 11.2 Å². The highest BCUT2D eigenvalue weighted by atomic mass is 16.4. The van der Waals surface area contributed by atoms with Crippen LogP contribution >= 0.6 is 0 Å². The van der Waals surface area contributed by atoms with E-state index in [4.69, 9.17) is 5.11 Å². The van der Waals surface area contributed by atoms with E-state index in [0.717, 1.165) is 17.5 Å². The zero-order valence-electron chi connectivity index (χ0n) is 10.9. The lowest BCUT2D eigenvalue weighted by Gasteiger charge is -2.15. The van der Waals surface area contributed by atoms with Crippen LogP contribution in [0.2, 0.25) is 0 Å². The van der Waals surface area contributed by atoms with Gasteiger partial charge in [-0.3, -0.25) is 9.78 Å². The van der Waals surface area contributed by atoms with E-state index in [9.17, 15) is 4.79 Å². The molecule has 19 heavy (non-hydrogen) atoms. The van der Waals surface area contributed by atoms with Crippen LogP contribution in [0.25, 0.3) is 0 Å². The number of nitrogens with zero attached hydrogens (tertiary/aromatic N) is 1. The minimum absolute atomic E-state index is 0.000463. The second-order valence-corrected chi connectivity index (χ2v) is 4.77. The molecule has 1 aromatic carbocycles. The second kappa shape index (κ2) is 6.14. The molecule has 1 unspecified atom stereocenters. The normalized spacial score (nSPS) is 12.1. The predicted octanol–water partition coefficient (Wildman–Crippen LogP) is 3.19. The molecule has 0 bridgehead atoms.